The average Bonchev–Trinajstić information content (AvgIpc) is 2.38. The zero-order valence-electron chi connectivity index (χ0n) is 11.0. The maximum atomic E-state index is 9.06. The van der Waals surface area contributed by atoms with Gasteiger partial charge in [0.05, 0.1) is 17.9 Å². The van der Waals surface area contributed by atoms with Crippen molar-refractivity contribution < 1.29 is 9.47 Å². The maximum Gasteiger partial charge on any atom is 0.102 e. The van der Waals surface area contributed by atoms with Gasteiger partial charge >= 0.3 is 0 Å². The van der Waals surface area contributed by atoms with E-state index in [0.717, 1.165) is 24.3 Å². The molecule has 18 heavy (non-hydrogen) atoms. The molecule has 1 aromatic rings. The second-order valence-corrected chi connectivity index (χ2v) is 3.99. The topological polar surface area (TPSA) is 54.3 Å². The molecule has 0 bridgehead atoms. The van der Waals surface area contributed by atoms with Crippen LogP contribution in [0.1, 0.15) is 17.5 Å². The minimum Gasteiger partial charge on any atom is -0.385 e. The molecule has 4 nitrogen and oxygen atoms in total. The van der Waals surface area contributed by atoms with E-state index in [-0.39, 0.29) is 0 Å². The molecule has 0 aliphatic carbocycles. The highest BCUT2D eigenvalue weighted by Gasteiger charge is 2.03. The van der Waals surface area contributed by atoms with Gasteiger partial charge in [0.25, 0.3) is 0 Å². The molecular weight excluding hydrogens is 228 g/mol. The van der Waals surface area contributed by atoms with Crippen LogP contribution in [0.2, 0.25) is 0 Å². The molecule has 98 valence electrons. The van der Waals surface area contributed by atoms with Crippen molar-refractivity contribution in [2.75, 3.05) is 38.8 Å². The standard InChI is InChI=1S/C14H20N2O2/c1-12-5-3-6-14(13(12)11-15)16-7-10-18-9-4-8-17-2/h3,5-6,16H,4,7-10H2,1-2H3. The van der Waals surface area contributed by atoms with Crippen LogP contribution < -0.4 is 5.32 Å². The van der Waals surface area contributed by atoms with Crippen LogP contribution in [0.5, 0.6) is 0 Å². The number of nitriles is 1. The number of nitrogens with zero attached hydrogens (tertiary/aromatic N) is 1. The lowest BCUT2D eigenvalue weighted by Gasteiger charge is -2.10. The third-order valence-corrected chi connectivity index (χ3v) is 2.58. The van der Waals surface area contributed by atoms with Gasteiger partial charge in [-0.15, -0.1) is 0 Å². The van der Waals surface area contributed by atoms with Gasteiger partial charge in [-0.3, -0.25) is 0 Å². The van der Waals surface area contributed by atoms with Crippen LogP contribution in [0.15, 0.2) is 18.2 Å². The molecule has 0 atom stereocenters. The quantitative estimate of drug-likeness (QED) is 0.717. The van der Waals surface area contributed by atoms with E-state index >= 15 is 0 Å². The highest BCUT2D eigenvalue weighted by Crippen LogP contribution is 2.17. The Bertz CT molecular complexity index is 399. The van der Waals surface area contributed by atoms with Crippen molar-refractivity contribution in [2.45, 2.75) is 13.3 Å². The number of aryl methyl sites for hydroxylation is 1. The van der Waals surface area contributed by atoms with E-state index in [4.69, 9.17) is 14.7 Å². The molecule has 0 amide bonds. The number of methoxy groups -OCH3 is 1. The average molecular weight is 248 g/mol. The number of nitrogens with one attached hydrogen (secondary N) is 1. The second kappa shape index (κ2) is 8.51. The van der Waals surface area contributed by atoms with Crippen molar-refractivity contribution in [3.8, 4) is 6.07 Å². The molecule has 0 saturated carbocycles. The Morgan fingerprint density at radius 2 is 2.11 bits per heavy atom. The predicted octanol–water partition coefficient (Wildman–Crippen LogP) is 2.33. The number of hydrogen-bond donors (Lipinski definition) is 1. The van der Waals surface area contributed by atoms with Gasteiger partial charge in [0, 0.05) is 26.9 Å². The Morgan fingerprint density at radius 3 is 2.83 bits per heavy atom. The summed E-state index contributed by atoms with van der Waals surface area (Å²) in [4.78, 5) is 0. The molecule has 0 unspecified atom stereocenters. The molecule has 0 heterocycles. The fourth-order valence-corrected chi connectivity index (χ4v) is 1.63. The number of ether oxygens (including phenoxy) is 2. The smallest absolute Gasteiger partial charge is 0.102 e. The highest BCUT2D eigenvalue weighted by atomic mass is 16.5. The zero-order chi connectivity index (χ0) is 13.2. The first-order chi connectivity index (χ1) is 8.79. The number of hydrogen-bond acceptors (Lipinski definition) is 4. The third kappa shape index (κ3) is 4.74. The van der Waals surface area contributed by atoms with E-state index in [9.17, 15) is 0 Å². The van der Waals surface area contributed by atoms with E-state index in [1.807, 2.05) is 25.1 Å². The van der Waals surface area contributed by atoms with Crippen LogP contribution in [-0.4, -0.2) is 33.5 Å². The highest BCUT2D eigenvalue weighted by molar-refractivity contribution is 5.60. The summed E-state index contributed by atoms with van der Waals surface area (Å²) >= 11 is 0. The number of benzene rings is 1. The van der Waals surface area contributed by atoms with E-state index < -0.39 is 0 Å². The maximum absolute atomic E-state index is 9.06. The minimum atomic E-state index is 0.628. The van der Waals surface area contributed by atoms with Gasteiger partial charge in [0.2, 0.25) is 0 Å². The van der Waals surface area contributed by atoms with Gasteiger partial charge < -0.3 is 14.8 Å². The van der Waals surface area contributed by atoms with Crippen LogP contribution in [0.3, 0.4) is 0 Å². The third-order valence-electron chi connectivity index (χ3n) is 2.58. The Labute approximate surface area is 109 Å². The van der Waals surface area contributed by atoms with Crippen molar-refractivity contribution in [2.24, 2.45) is 0 Å². The first kappa shape index (κ1) is 14.5. The summed E-state index contributed by atoms with van der Waals surface area (Å²) < 4.78 is 10.4. The Balaban J connectivity index is 2.28. The molecule has 0 saturated heterocycles. The van der Waals surface area contributed by atoms with Gasteiger partial charge in [-0.2, -0.15) is 5.26 Å². The summed E-state index contributed by atoms with van der Waals surface area (Å²) in [6.07, 6.45) is 0.907. The van der Waals surface area contributed by atoms with Crippen LogP contribution >= 0.6 is 0 Å². The number of rotatable bonds is 8. The molecule has 0 aliphatic rings. The summed E-state index contributed by atoms with van der Waals surface area (Å²) in [5, 5.41) is 12.3. The predicted molar refractivity (Wildman–Crippen MR) is 71.7 cm³/mol. The van der Waals surface area contributed by atoms with Crippen molar-refractivity contribution in [1.82, 2.24) is 0 Å². The fourth-order valence-electron chi connectivity index (χ4n) is 1.63. The van der Waals surface area contributed by atoms with Crippen LogP contribution in [0.4, 0.5) is 5.69 Å². The number of anilines is 1. The van der Waals surface area contributed by atoms with E-state index in [2.05, 4.69) is 11.4 Å². The fraction of sp³-hybridized carbons (Fsp3) is 0.500. The Hall–Kier alpha value is -1.57. The molecule has 1 aromatic carbocycles. The van der Waals surface area contributed by atoms with E-state index in [1.165, 1.54) is 0 Å². The molecule has 4 heteroatoms. The molecule has 1 rings (SSSR count). The molecule has 0 radical (unpaired) electrons. The van der Waals surface area contributed by atoms with Crippen molar-refractivity contribution in [3.05, 3.63) is 29.3 Å². The lowest BCUT2D eigenvalue weighted by molar-refractivity contribution is 0.109. The first-order valence-corrected chi connectivity index (χ1v) is 6.10. The van der Waals surface area contributed by atoms with Crippen molar-refractivity contribution >= 4 is 5.69 Å². The van der Waals surface area contributed by atoms with Crippen LogP contribution in [0.25, 0.3) is 0 Å². The lowest BCUT2D eigenvalue weighted by Crippen LogP contribution is -2.11. The zero-order valence-corrected chi connectivity index (χ0v) is 11.0. The van der Waals surface area contributed by atoms with E-state index in [1.54, 1.807) is 7.11 Å². The summed E-state index contributed by atoms with van der Waals surface area (Å²) in [6, 6.07) is 8.00. The normalized spacial score (nSPS) is 10.1. The summed E-state index contributed by atoms with van der Waals surface area (Å²) in [6.45, 7) is 4.69. The summed E-state index contributed by atoms with van der Waals surface area (Å²) in [5.74, 6) is 0. The van der Waals surface area contributed by atoms with Gasteiger partial charge in [0.1, 0.15) is 6.07 Å². The Morgan fingerprint density at radius 1 is 1.28 bits per heavy atom. The molecule has 0 aliphatic heterocycles. The second-order valence-electron chi connectivity index (χ2n) is 3.99. The Kier molecular flexibility index (Phi) is 6.85. The summed E-state index contributed by atoms with van der Waals surface area (Å²) in [7, 11) is 1.68. The molecule has 0 aromatic heterocycles. The minimum absolute atomic E-state index is 0.628. The van der Waals surface area contributed by atoms with Crippen molar-refractivity contribution in [1.29, 1.82) is 5.26 Å². The molecular formula is C14H20N2O2. The monoisotopic (exact) mass is 248 g/mol. The summed E-state index contributed by atoms with van der Waals surface area (Å²) in [5.41, 5.74) is 2.57. The van der Waals surface area contributed by atoms with Crippen LogP contribution in [-0.2, 0) is 9.47 Å². The largest absolute Gasteiger partial charge is 0.385 e. The van der Waals surface area contributed by atoms with Gasteiger partial charge in [-0.05, 0) is 25.0 Å². The van der Waals surface area contributed by atoms with E-state index in [0.29, 0.717) is 25.3 Å². The van der Waals surface area contributed by atoms with Crippen LogP contribution in [0, 0.1) is 18.3 Å². The molecule has 0 fully saturated rings. The van der Waals surface area contributed by atoms with Gasteiger partial charge in [-0.25, -0.2) is 0 Å². The van der Waals surface area contributed by atoms with Gasteiger partial charge in [-0.1, -0.05) is 12.1 Å². The SMILES string of the molecule is COCCCOCCNc1cccc(C)c1C#N. The lowest BCUT2D eigenvalue weighted by atomic mass is 10.1. The molecule has 0 spiro atoms. The first-order valence-electron chi connectivity index (χ1n) is 6.10. The van der Waals surface area contributed by atoms with Crippen molar-refractivity contribution in [3.63, 3.8) is 0 Å². The van der Waals surface area contributed by atoms with Gasteiger partial charge in [0.15, 0.2) is 0 Å². The molecule has 1 N–H and O–H groups in total.